The van der Waals surface area contributed by atoms with Gasteiger partial charge in [-0.15, -0.1) is 0 Å². The molecule has 0 saturated carbocycles. The van der Waals surface area contributed by atoms with Gasteiger partial charge >= 0.3 is 0 Å². The van der Waals surface area contributed by atoms with Crippen LogP contribution in [0.3, 0.4) is 0 Å². The number of halogens is 3. The Morgan fingerprint density at radius 2 is 1.60 bits per heavy atom. The maximum absolute atomic E-state index is 6.23. The van der Waals surface area contributed by atoms with Crippen LogP contribution in [0.2, 0.25) is 15.1 Å². The van der Waals surface area contributed by atoms with E-state index in [4.69, 9.17) is 34.8 Å². The second kappa shape index (κ2) is 9.13. The van der Waals surface area contributed by atoms with Gasteiger partial charge in [0.25, 0.3) is 0 Å². The number of hydrogen-bond acceptors (Lipinski definition) is 2. The van der Waals surface area contributed by atoms with Crippen molar-refractivity contribution in [3.8, 4) is 0 Å². The fourth-order valence-corrected chi connectivity index (χ4v) is 4.19. The first-order valence-corrected chi connectivity index (χ1v) is 10.7. The van der Waals surface area contributed by atoms with Gasteiger partial charge in [-0.2, -0.15) is 5.10 Å². The Morgan fingerprint density at radius 1 is 0.900 bits per heavy atom. The van der Waals surface area contributed by atoms with Crippen LogP contribution in [0.5, 0.6) is 0 Å². The number of fused-ring (bicyclic) bond motifs is 1. The van der Waals surface area contributed by atoms with Crippen molar-refractivity contribution < 1.29 is 0 Å². The largest absolute Gasteiger partial charge is 0.340 e. The molecule has 0 amide bonds. The zero-order valence-corrected chi connectivity index (χ0v) is 18.6. The van der Waals surface area contributed by atoms with Gasteiger partial charge in [0.1, 0.15) is 0 Å². The summed E-state index contributed by atoms with van der Waals surface area (Å²) in [5, 5.41) is 7.59. The van der Waals surface area contributed by atoms with Crippen molar-refractivity contribution in [1.29, 1.82) is 0 Å². The van der Waals surface area contributed by atoms with Gasteiger partial charge in [0.05, 0.1) is 12.8 Å². The molecule has 1 heterocycles. The molecule has 0 radical (unpaired) electrons. The molecule has 4 aromatic rings. The number of rotatable bonds is 6. The van der Waals surface area contributed by atoms with Crippen molar-refractivity contribution in [3.63, 3.8) is 0 Å². The van der Waals surface area contributed by atoms with Crippen LogP contribution in [0.15, 0.2) is 71.8 Å². The summed E-state index contributed by atoms with van der Waals surface area (Å²) < 4.78 is 2.30. The second-order valence-electron chi connectivity index (χ2n) is 7.02. The summed E-state index contributed by atoms with van der Waals surface area (Å²) >= 11 is 18.5. The summed E-state index contributed by atoms with van der Waals surface area (Å²) in [5.74, 6) is 0. The molecule has 30 heavy (non-hydrogen) atoms. The monoisotopic (exact) mass is 455 g/mol. The SMILES string of the molecule is Cc1c(/C=N/NCc2c(Cl)cccc2Cl)c2ccccc2n1Cc1ccc(Cl)cc1. The van der Waals surface area contributed by atoms with Crippen LogP contribution in [0.4, 0.5) is 0 Å². The average molecular weight is 457 g/mol. The molecule has 4 rings (SSSR count). The molecule has 0 bridgehead atoms. The van der Waals surface area contributed by atoms with Crippen LogP contribution < -0.4 is 5.43 Å². The van der Waals surface area contributed by atoms with Gasteiger partial charge in [-0.1, -0.05) is 71.2 Å². The average Bonchev–Trinajstić information content (AvgIpc) is 3.00. The van der Waals surface area contributed by atoms with Gasteiger partial charge in [-0.3, -0.25) is 0 Å². The molecule has 0 spiro atoms. The molecule has 152 valence electrons. The van der Waals surface area contributed by atoms with E-state index in [0.29, 0.717) is 16.6 Å². The number of aromatic nitrogens is 1. The third-order valence-electron chi connectivity index (χ3n) is 5.14. The lowest BCUT2D eigenvalue weighted by Gasteiger charge is -2.09. The topological polar surface area (TPSA) is 29.3 Å². The van der Waals surface area contributed by atoms with Crippen LogP contribution in [0.1, 0.15) is 22.4 Å². The Bertz CT molecular complexity index is 1190. The predicted octanol–water partition coefficient (Wildman–Crippen LogP) is 7.08. The third-order valence-corrected chi connectivity index (χ3v) is 6.10. The molecule has 0 aliphatic heterocycles. The summed E-state index contributed by atoms with van der Waals surface area (Å²) in [5.41, 5.74) is 8.49. The Balaban J connectivity index is 1.60. The van der Waals surface area contributed by atoms with Crippen LogP contribution in [0, 0.1) is 6.92 Å². The maximum atomic E-state index is 6.23. The van der Waals surface area contributed by atoms with Gasteiger partial charge in [-0.05, 0) is 42.8 Å². The van der Waals surface area contributed by atoms with Gasteiger partial charge in [0, 0.05) is 49.3 Å². The van der Waals surface area contributed by atoms with Gasteiger partial charge < -0.3 is 9.99 Å². The van der Waals surface area contributed by atoms with E-state index in [2.05, 4.69) is 52.3 Å². The molecule has 0 saturated heterocycles. The van der Waals surface area contributed by atoms with Crippen LogP contribution in [-0.2, 0) is 13.1 Å². The van der Waals surface area contributed by atoms with Gasteiger partial charge in [0.2, 0.25) is 0 Å². The summed E-state index contributed by atoms with van der Waals surface area (Å²) in [6.07, 6.45) is 1.86. The quantitative estimate of drug-likeness (QED) is 0.244. The van der Waals surface area contributed by atoms with E-state index in [1.54, 1.807) is 0 Å². The van der Waals surface area contributed by atoms with Gasteiger partial charge in [0.15, 0.2) is 0 Å². The Hall–Kier alpha value is -2.46. The van der Waals surface area contributed by atoms with Crippen molar-refractivity contribution in [3.05, 3.63) is 104 Å². The Kier molecular flexibility index (Phi) is 6.33. The molecule has 0 aliphatic rings. The molecule has 6 heteroatoms. The zero-order chi connectivity index (χ0) is 21.1. The van der Waals surface area contributed by atoms with Crippen molar-refractivity contribution in [2.75, 3.05) is 0 Å². The van der Waals surface area contributed by atoms with E-state index < -0.39 is 0 Å². The highest BCUT2D eigenvalue weighted by atomic mass is 35.5. The Morgan fingerprint density at radius 3 is 2.33 bits per heavy atom. The molecule has 0 aliphatic carbocycles. The minimum absolute atomic E-state index is 0.456. The molecule has 0 atom stereocenters. The molecule has 0 unspecified atom stereocenters. The molecule has 0 fully saturated rings. The van der Waals surface area contributed by atoms with E-state index >= 15 is 0 Å². The molecule has 1 aromatic heterocycles. The maximum Gasteiger partial charge on any atom is 0.0609 e. The third kappa shape index (κ3) is 4.34. The summed E-state index contributed by atoms with van der Waals surface area (Å²) in [7, 11) is 0. The molecule has 3 aromatic carbocycles. The molecule has 1 N–H and O–H groups in total. The van der Waals surface area contributed by atoms with E-state index in [-0.39, 0.29) is 0 Å². The van der Waals surface area contributed by atoms with Crippen LogP contribution >= 0.6 is 34.8 Å². The first-order chi connectivity index (χ1) is 14.5. The number of nitrogens with zero attached hydrogens (tertiary/aromatic N) is 2. The number of hydrogen-bond donors (Lipinski definition) is 1. The first-order valence-electron chi connectivity index (χ1n) is 9.55. The van der Waals surface area contributed by atoms with Crippen molar-refractivity contribution in [2.24, 2.45) is 5.10 Å². The smallest absolute Gasteiger partial charge is 0.0609 e. The fraction of sp³-hybridized carbons (Fsp3) is 0.125. The highest BCUT2D eigenvalue weighted by Crippen LogP contribution is 2.26. The van der Waals surface area contributed by atoms with Crippen LogP contribution in [0.25, 0.3) is 10.9 Å². The normalized spacial score (nSPS) is 11.5. The lowest BCUT2D eigenvalue weighted by molar-refractivity contribution is 0.748. The van der Waals surface area contributed by atoms with Gasteiger partial charge in [-0.25, -0.2) is 0 Å². The summed E-state index contributed by atoms with van der Waals surface area (Å²) in [4.78, 5) is 0. The van der Waals surface area contributed by atoms with Crippen molar-refractivity contribution in [2.45, 2.75) is 20.0 Å². The predicted molar refractivity (Wildman–Crippen MR) is 128 cm³/mol. The minimum Gasteiger partial charge on any atom is -0.340 e. The van der Waals surface area contributed by atoms with Crippen LogP contribution in [-0.4, -0.2) is 10.8 Å². The molecule has 3 nitrogen and oxygen atoms in total. The standard InChI is InChI=1S/C24H20Cl3N3/c1-16-20(13-28-29-14-21-22(26)6-4-7-23(21)27)19-5-2-3-8-24(19)30(16)15-17-9-11-18(25)12-10-17/h2-13,29H,14-15H2,1H3/b28-13+. The highest BCUT2D eigenvalue weighted by molar-refractivity contribution is 6.36. The van der Waals surface area contributed by atoms with Crippen molar-refractivity contribution in [1.82, 2.24) is 9.99 Å². The summed E-state index contributed by atoms with van der Waals surface area (Å²) in [6.45, 7) is 3.33. The van der Waals surface area contributed by atoms with E-state index in [1.165, 1.54) is 11.1 Å². The Labute approximate surface area is 190 Å². The summed E-state index contributed by atoms with van der Waals surface area (Å²) in [6, 6.07) is 21.8. The van der Waals surface area contributed by atoms with Crippen molar-refractivity contribution >= 4 is 51.9 Å². The number of hydrazone groups is 1. The second-order valence-corrected chi connectivity index (χ2v) is 8.27. The minimum atomic E-state index is 0.456. The number of para-hydroxylation sites is 1. The first kappa shape index (κ1) is 20.8. The van der Waals surface area contributed by atoms with E-state index in [0.717, 1.165) is 33.8 Å². The van der Waals surface area contributed by atoms with E-state index in [9.17, 15) is 0 Å². The lowest BCUT2D eigenvalue weighted by Crippen LogP contribution is -2.07. The number of benzene rings is 3. The molecular weight excluding hydrogens is 437 g/mol. The highest BCUT2D eigenvalue weighted by Gasteiger charge is 2.13. The number of nitrogens with one attached hydrogen (secondary N) is 1. The molecular formula is C24H20Cl3N3. The zero-order valence-electron chi connectivity index (χ0n) is 16.4. The van der Waals surface area contributed by atoms with E-state index in [1.807, 2.05) is 42.6 Å². The lowest BCUT2D eigenvalue weighted by atomic mass is 10.1. The fourth-order valence-electron chi connectivity index (χ4n) is 3.53.